The highest BCUT2D eigenvalue weighted by Crippen LogP contribution is 2.13. The SMILES string of the molecule is CCc1cccc2[nH][c]nc12. The van der Waals surface area contributed by atoms with Crippen molar-refractivity contribution in [1.29, 1.82) is 0 Å². The summed E-state index contributed by atoms with van der Waals surface area (Å²) in [6, 6.07) is 6.14. The highest BCUT2D eigenvalue weighted by molar-refractivity contribution is 5.77. The highest BCUT2D eigenvalue weighted by Gasteiger charge is 1.99. The molecule has 0 atom stereocenters. The third kappa shape index (κ3) is 0.909. The van der Waals surface area contributed by atoms with Gasteiger partial charge in [0.1, 0.15) is 0 Å². The van der Waals surface area contributed by atoms with Crippen molar-refractivity contribution < 1.29 is 0 Å². The minimum atomic E-state index is 1.02. The van der Waals surface area contributed by atoms with E-state index in [4.69, 9.17) is 0 Å². The summed E-state index contributed by atoms with van der Waals surface area (Å²) in [4.78, 5) is 7.07. The van der Waals surface area contributed by atoms with Crippen LogP contribution in [0.2, 0.25) is 0 Å². The Morgan fingerprint density at radius 1 is 1.55 bits per heavy atom. The molecule has 1 heterocycles. The molecule has 1 radical (unpaired) electrons. The summed E-state index contributed by atoms with van der Waals surface area (Å²) in [6.45, 7) is 2.13. The molecular formula is C9H9N2. The van der Waals surface area contributed by atoms with E-state index in [0.29, 0.717) is 0 Å². The fraction of sp³-hybridized carbons (Fsp3) is 0.222. The third-order valence-electron chi connectivity index (χ3n) is 1.86. The predicted octanol–water partition coefficient (Wildman–Crippen LogP) is 1.93. The van der Waals surface area contributed by atoms with Gasteiger partial charge >= 0.3 is 0 Å². The average Bonchev–Trinajstić information content (AvgIpc) is 2.50. The standard InChI is InChI=1S/C9H9N2/c1-2-7-4-3-5-8-9(7)11-6-10-8/h3-5H,2H2,1H3,(H,10,11). The Morgan fingerprint density at radius 3 is 3.27 bits per heavy atom. The van der Waals surface area contributed by atoms with Gasteiger partial charge in [-0.3, -0.25) is 0 Å². The molecule has 0 amide bonds. The summed E-state index contributed by atoms with van der Waals surface area (Å²) in [5.41, 5.74) is 3.40. The third-order valence-corrected chi connectivity index (χ3v) is 1.86. The van der Waals surface area contributed by atoms with Crippen LogP contribution in [0, 0.1) is 6.33 Å². The van der Waals surface area contributed by atoms with Gasteiger partial charge in [0.25, 0.3) is 0 Å². The Morgan fingerprint density at radius 2 is 2.45 bits per heavy atom. The van der Waals surface area contributed by atoms with Crippen LogP contribution < -0.4 is 0 Å². The number of nitrogens with zero attached hydrogens (tertiary/aromatic N) is 1. The Hall–Kier alpha value is -1.31. The molecule has 0 aliphatic heterocycles. The van der Waals surface area contributed by atoms with Crippen molar-refractivity contribution in [3.05, 3.63) is 30.1 Å². The molecule has 0 fully saturated rings. The van der Waals surface area contributed by atoms with E-state index < -0.39 is 0 Å². The molecule has 55 valence electrons. The molecule has 0 aliphatic carbocycles. The maximum absolute atomic E-state index is 4.11. The molecule has 1 N–H and O–H groups in total. The van der Waals surface area contributed by atoms with Crippen molar-refractivity contribution in [2.45, 2.75) is 13.3 Å². The minimum absolute atomic E-state index is 1.02. The van der Waals surface area contributed by atoms with Gasteiger partial charge in [-0.15, -0.1) is 0 Å². The second-order valence-electron chi connectivity index (χ2n) is 2.52. The van der Waals surface area contributed by atoms with E-state index in [0.717, 1.165) is 17.5 Å². The van der Waals surface area contributed by atoms with E-state index in [1.807, 2.05) is 12.1 Å². The van der Waals surface area contributed by atoms with Gasteiger partial charge in [0.05, 0.1) is 11.0 Å². The molecule has 2 rings (SSSR count). The normalized spacial score (nSPS) is 10.6. The number of hydrogen-bond acceptors (Lipinski definition) is 1. The quantitative estimate of drug-likeness (QED) is 0.652. The average molecular weight is 145 g/mol. The molecule has 0 aliphatic rings. The Bertz CT molecular complexity index is 362. The van der Waals surface area contributed by atoms with Crippen LogP contribution in [-0.2, 0) is 6.42 Å². The molecular weight excluding hydrogens is 136 g/mol. The number of imidazole rings is 1. The number of aromatic nitrogens is 2. The van der Waals surface area contributed by atoms with Gasteiger partial charge < -0.3 is 4.98 Å². The van der Waals surface area contributed by atoms with Gasteiger partial charge in [0.15, 0.2) is 6.33 Å². The Balaban J connectivity index is 2.79. The van der Waals surface area contributed by atoms with Crippen LogP contribution in [0.3, 0.4) is 0 Å². The number of rotatable bonds is 1. The first kappa shape index (κ1) is 6.40. The van der Waals surface area contributed by atoms with E-state index in [1.165, 1.54) is 5.56 Å². The zero-order valence-corrected chi connectivity index (χ0v) is 6.39. The van der Waals surface area contributed by atoms with Gasteiger partial charge in [-0.2, -0.15) is 0 Å². The largest absolute Gasteiger partial charge is 0.335 e. The monoisotopic (exact) mass is 145 g/mol. The molecule has 11 heavy (non-hydrogen) atoms. The van der Waals surface area contributed by atoms with Crippen LogP contribution in [0.15, 0.2) is 18.2 Å². The zero-order chi connectivity index (χ0) is 7.68. The van der Waals surface area contributed by atoms with Crippen LogP contribution in [0.1, 0.15) is 12.5 Å². The minimum Gasteiger partial charge on any atom is -0.335 e. The maximum Gasteiger partial charge on any atom is 0.174 e. The molecule has 2 heteroatoms. The van der Waals surface area contributed by atoms with Gasteiger partial charge in [0, 0.05) is 0 Å². The number of para-hydroxylation sites is 1. The lowest BCUT2D eigenvalue weighted by molar-refractivity contribution is 1.15. The number of aromatic amines is 1. The lowest BCUT2D eigenvalue weighted by Crippen LogP contribution is -1.81. The van der Waals surface area contributed by atoms with Crippen LogP contribution in [0.25, 0.3) is 11.0 Å². The first-order chi connectivity index (χ1) is 5.42. The van der Waals surface area contributed by atoms with Crippen molar-refractivity contribution >= 4 is 11.0 Å². The van der Waals surface area contributed by atoms with Gasteiger partial charge in [-0.25, -0.2) is 4.98 Å². The lowest BCUT2D eigenvalue weighted by Gasteiger charge is -1.95. The molecule has 2 nitrogen and oxygen atoms in total. The molecule has 0 saturated carbocycles. The summed E-state index contributed by atoms with van der Waals surface area (Å²) in [7, 11) is 0. The molecule has 0 spiro atoms. The van der Waals surface area contributed by atoms with Crippen LogP contribution in [0.5, 0.6) is 0 Å². The fourth-order valence-electron chi connectivity index (χ4n) is 1.25. The molecule has 2 aromatic rings. The van der Waals surface area contributed by atoms with E-state index in [9.17, 15) is 0 Å². The summed E-state index contributed by atoms with van der Waals surface area (Å²) in [5.74, 6) is 0. The van der Waals surface area contributed by atoms with Crippen molar-refractivity contribution in [1.82, 2.24) is 9.97 Å². The van der Waals surface area contributed by atoms with E-state index in [-0.39, 0.29) is 0 Å². The molecule has 1 aromatic carbocycles. The molecule has 0 unspecified atom stereocenters. The van der Waals surface area contributed by atoms with E-state index in [1.54, 1.807) is 0 Å². The van der Waals surface area contributed by atoms with Crippen LogP contribution in [-0.4, -0.2) is 9.97 Å². The second-order valence-corrected chi connectivity index (χ2v) is 2.52. The van der Waals surface area contributed by atoms with Crippen molar-refractivity contribution in [2.24, 2.45) is 0 Å². The number of aryl methyl sites for hydroxylation is 1. The topological polar surface area (TPSA) is 28.7 Å². The number of H-pyrrole nitrogens is 1. The molecule has 0 saturated heterocycles. The number of benzene rings is 1. The van der Waals surface area contributed by atoms with Gasteiger partial charge in [-0.1, -0.05) is 19.1 Å². The van der Waals surface area contributed by atoms with Crippen LogP contribution >= 0.6 is 0 Å². The van der Waals surface area contributed by atoms with Crippen LogP contribution in [0.4, 0.5) is 0 Å². The molecule has 1 aromatic heterocycles. The Labute approximate surface area is 65.3 Å². The van der Waals surface area contributed by atoms with Gasteiger partial charge in [-0.05, 0) is 18.1 Å². The molecule has 0 bridgehead atoms. The second kappa shape index (κ2) is 2.38. The van der Waals surface area contributed by atoms with Crippen molar-refractivity contribution in [3.8, 4) is 0 Å². The van der Waals surface area contributed by atoms with E-state index in [2.05, 4.69) is 29.3 Å². The summed E-state index contributed by atoms with van der Waals surface area (Å²) in [5, 5.41) is 0. The first-order valence-corrected chi connectivity index (χ1v) is 3.75. The lowest BCUT2D eigenvalue weighted by atomic mass is 10.1. The first-order valence-electron chi connectivity index (χ1n) is 3.75. The number of hydrogen-bond donors (Lipinski definition) is 1. The van der Waals surface area contributed by atoms with Crippen molar-refractivity contribution in [2.75, 3.05) is 0 Å². The smallest absolute Gasteiger partial charge is 0.174 e. The van der Waals surface area contributed by atoms with E-state index >= 15 is 0 Å². The summed E-state index contributed by atoms with van der Waals surface area (Å²) >= 11 is 0. The highest BCUT2D eigenvalue weighted by atomic mass is 14.9. The maximum atomic E-state index is 4.11. The van der Waals surface area contributed by atoms with Crippen molar-refractivity contribution in [3.63, 3.8) is 0 Å². The summed E-state index contributed by atoms with van der Waals surface area (Å²) < 4.78 is 0. The summed E-state index contributed by atoms with van der Waals surface area (Å²) in [6.07, 6.45) is 3.76. The zero-order valence-electron chi connectivity index (χ0n) is 6.39. The Kier molecular flexibility index (Phi) is 1.39. The predicted molar refractivity (Wildman–Crippen MR) is 44.3 cm³/mol. The van der Waals surface area contributed by atoms with Gasteiger partial charge in [0.2, 0.25) is 0 Å². The number of fused-ring (bicyclic) bond motifs is 1. The fourth-order valence-corrected chi connectivity index (χ4v) is 1.25. The number of nitrogens with one attached hydrogen (secondary N) is 1.